The Bertz CT molecular complexity index is 1630. The number of anilines is 2. The van der Waals surface area contributed by atoms with Gasteiger partial charge in [-0.3, -0.25) is 14.2 Å². The van der Waals surface area contributed by atoms with Crippen LogP contribution in [0.3, 0.4) is 0 Å². The largest absolute Gasteiger partial charge is 0.462 e. The van der Waals surface area contributed by atoms with Gasteiger partial charge in [0.15, 0.2) is 5.69 Å². The molecule has 0 saturated heterocycles. The number of rotatable bonds is 8. The first-order chi connectivity index (χ1) is 18.4. The second-order valence-corrected chi connectivity index (χ2v) is 11.1. The number of halogens is 3. The molecule has 0 atom stereocenters. The summed E-state index contributed by atoms with van der Waals surface area (Å²) in [4.78, 5) is 24.8. The predicted octanol–water partition coefficient (Wildman–Crippen LogP) is 5.40. The number of aromatic nitrogens is 2. The Balaban J connectivity index is 1.47. The average Bonchev–Trinajstić information content (AvgIpc) is 3.52. The molecule has 0 saturated carbocycles. The standard InChI is InChI=1S/C25H21F3N4O5S2/c1-3-37-24(34)15-7-9-17(10-8-15)29-23(33)16-5-4-6-18(13-16)31-39(35,36)22-12-11-20(38-22)19-14-21(25(26,27)28)30-32(19)2/h4-14,31H,3H2,1-2H3,(H,29,33). The molecule has 0 unspecified atom stereocenters. The van der Waals surface area contributed by atoms with E-state index in [0.29, 0.717) is 11.3 Å². The fourth-order valence-corrected chi connectivity index (χ4v) is 5.88. The minimum atomic E-state index is -4.63. The number of thiophene rings is 1. The molecule has 1 amide bonds. The number of benzene rings is 2. The van der Waals surface area contributed by atoms with Crippen molar-refractivity contribution in [3.05, 3.63) is 83.6 Å². The summed E-state index contributed by atoms with van der Waals surface area (Å²) in [6.07, 6.45) is -4.63. The van der Waals surface area contributed by atoms with Crippen LogP contribution in [0.2, 0.25) is 0 Å². The first kappa shape index (κ1) is 27.9. The van der Waals surface area contributed by atoms with Crippen molar-refractivity contribution in [3.8, 4) is 10.6 Å². The van der Waals surface area contributed by atoms with Crippen LogP contribution in [0.15, 0.2) is 70.9 Å². The Labute approximate surface area is 225 Å². The van der Waals surface area contributed by atoms with Gasteiger partial charge in [0.25, 0.3) is 15.9 Å². The number of alkyl halides is 3. The molecule has 0 fully saturated rings. The number of hydrogen-bond donors (Lipinski definition) is 2. The molecule has 2 heterocycles. The third-order valence-corrected chi connectivity index (χ3v) is 8.28. The van der Waals surface area contributed by atoms with Gasteiger partial charge >= 0.3 is 12.1 Å². The van der Waals surface area contributed by atoms with Crippen LogP contribution in [0.4, 0.5) is 24.5 Å². The van der Waals surface area contributed by atoms with Gasteiger partial charge in [0.1, 0.15) is 4.21 Å². The van der Waals surface area contributed by atoms with E-state index >= 15 is 0 Å². The molecule has 0 bridgehead atoms. The Morgan fingerprint density at radius 1 is 1.00 bits per heavy atom. The lowest BCUT2D eigenvalue weighted by Gasteiger charge is -2.09. The van der Waals surface area contributed by atoms with Gasteiger partial charge in [-0.2, -0.15) is 18.3 Å². The van der Waals surface area contributed by atoms with Gasteiger partial charge in [-0.15, -0.1) is 11.3 Å². The number of amides is 1. The van der Waals surface area contributed by atoms with Crippen LogP contribution in [-0.2, 0) is 28.0 Å². The highest BCUT2D eigenvalue weighted by molar-refractivity contribution is 7.94. The maximum atomic E-state index is 13.0. The van der Waals surface area contributed by atoms with Crippen molar-refractivity contribution in [2.24, 2.45) is 7.05 Å². The molecule has 0 radical (unpaired) electrons. The van der Waals surface area contributed by atoms with Crippen LogP contribution in [0.5, 0.6) is 0 Å². The highest BCUT2D eigenvalue weighted by Crippen LogP contribution is 2.35. The summed E-state index contributed by atoms with van der Waals surface area (Å²) in [6.45, 7) is 1.93. The second kappa shape index (κ2) is 10.9. The summed E-state index contributed by atoms with van der Waals surface area (Å²) in [7, 11) is -2.78. The molecule has 2 N–H and O–H groups in total. The molecule has 0 spiro atoms. The van der Waals surface area contributed by atoms with Crippen LogP contribution in [-0.4, -0.2) is 36.7 Å². The van der Waals surface area contributed by atoms with Crippen LogP contribution in [0, 0.1) is 0 Å². The maximum Gasteiger partial charge on any atom is 0.435 e. The van der Waals surface area contributed by atoms with E-state index in [2.05, 4.69) is 15.1 Å². The van der Waals surface area contributed by atoms with Crippen molar-refractivity contribution in [1.82, 2.24) is 9.78 Å². The van der Waals surface area contributed by atoms with E-state index in [9.17, 15) is 31.2 Å². The Kier molecular flexibility index (Phi) is 7.79. The third-order valence-electron chi connectivity index (χ3n) is 5.30. The number of nitrogens with zero attached hydrogens (tertiary/aromatic N) is 2. The predicted molar refractivity (Wildman–Crippen MR) is 139 cm³/mol. The number of nitrogens with one attached hydrogen (secondary N) is 2. The maximum absolute atomic E-state index is 13.0. The summed E-state index contributed by atoms with van der Waals surface area (Å²) >= 11 is 0.778. The molecule has 39 heavy (non-hydrogen) atoms. The fourth-order valence-electron chi connectivity index (χ4n) is 3.48. The SMILES string of the molecule is CCOC(=O)c1ccc(NC(=O)c2cccc(NS(=O)(=O)c3ccc(-c4cc(C(F)(F)F)nn4C)s3)c2)cc1. The lowest BCUT2D eigenvalue weighted by atomic mass is 10.1. The molecule has 204 valence electrons. The number of carbonyl (C=O) groups is 2. The van der Waals surface area contributed by atoms with Gasteiger partial charge in [0.2, 0.25) is 0 Å². The zero-order chi connectivity index (χ0) is 28.4. The number of ether oxygens (including phenoxy) is 1. The van der Waals surface area contributed by atoms with E-state index in [1.165, 1.54) is 67.7 Å². The number of sulfonamides is 1. The molecule has 0 aliphatic heterocycles. The van der Waals surface area contributed by atoms with Gasteiger partial charge in [-0.1, -0.05) is 6.07 Å². The number of esters is 1. The fraction of sp³-hybridized carbons (Fsp3) is 0.160. The lowest BCUT2D eigenvalue weighted by molar-refractivity contribution is -0.141. The van der Waals surface area contributed by atoms with Gasteiger partial charge in [0.05, 0.1) is 22.7 Å². The zero-order valence-electron chi connectivity index (χ0n) is 20.4. The monoisotopic (exact) mass is 578 g/mol. The van der Waals surface area contributed by atoms with E-state index in [1.54, 1.807) is 6.92 Å². The van der Waals surface area contributed by atoms with E-state index in [1.807, 2.05) is 0 Å². The van der Waals surface area contributed by atoms with Gasteiger partial charge < -0.3 is 10.1 Å². The van der Waals surface area contributed by atoms with E-state index in [0.717, 1.165) is 22.1 Å². The molecule has 0 aliphatic carbocycles. The summed E-state index contributed by atoms with van der Waals surface area (Å²) in [5, 5.41) is 6.11. The average molecular weight is 579 g/mol. The Morgan fingerprint density at radius 3 is 2.36 bits per heavy atom. The molecular weight excluding hydrogens is 557 g/mol. The smallest absolute Gasteiger partial charge is 0.435 e. The van der Waals surface area contributed by atoms with Gasteiger partial charge in [0, 0.05) is 24.0 Å². The highest BCUT2D eigenvalue weighted by Gasteiger charge is 2.35. The van der Waals surface area contributed by atoms with Crippen molar-refractivity contribution >= 4 is 44.6 Å². The lowest BCUT2D eigenvalue weighted by Crippen LogP contribution is -2.14. The molecule has 4 rings (SSSR count). The van der Waals surface area contributed by atoms with Crippen LogP contribution in [0.25, 0.3) is 10.6 Å². The van der Waals surface area contributed by atoms with Crippen molar-refractivity contribution in [2.75, 3.05) is 16.6 Å². The van der Waals surface area contributed by atoms with E-state index < -0.39 is 33.8 Å². The topological polar surface area (TPSA) is 119 Å². The molecule has 14 heteroatoms. The molecule has 2 aromatic carbocycles. The molecule has 0 aliphatic rings. The summed E-state index contributed by atoms with van der Waals surface area (Å²) in [5.41, 5.74) is 0.0334. The second-order valence-electron chi connectivity index (χ2n) is 8.09. The minimum absolute atomic E-state index is 0.107. The summed E-state index contributed by atoms with van der Waals surface area (Å²) in [6, 6.07) is 15.4. The third kappa shape index (κ3) is 6.46. The number of aryl methyl sites for hydroxylation is 1. The normalized spacial score (nSPS) is 11.7. The Morgan fingerprint density at radius 2 is 1.72 bits per heavy atom. The van der Waals surface area contributed by atoms with Crippen molar-refractivity contribution in [1.29, 1.82) is 0 Å². The summed E-state index contributed by atoms with van der Waals surface area (Å²) < 4.78 is 73.1. The quantitative estimate of drug-likeness (QED) is 0.271. The summed E-state index contributed by atoms with van der Waals surface area (Å²) in [5.74, 6) is -1.00. The number of hydrogen-bond acceptors (Lipinski definition) is 7. The van der Waals surface area contributed by atoms with E-state index in [4.69, 9.17) is 4.74 Å². The molecule has 4 aromatic rings. The van der Waals surface area contributed by atoms with Gasteiger partial charge in [-0.25, -0.2) is 13.2 Å². The van der Waals surface area contributed by atoms with Crippen molar-refractivity contribution in [2.45, 2.75) is 17.3 Å². The first-order valence-corrected chi connectivity index (χ1v) is 13.6. The highest BCUT2D eigenvalue weighted by atomic mass is 32.2. The van der Waals surface area contributed by atoms with Crippen molar-refractivity contribution in [3.63, 3.8) is 0 Å². The van der Waals surface area contributed by atoms with Crippen LogP contribution < -0.4 is 10.0 Å². The Hall–Kier alpha value is -4.17. The zero-order valence-corrected chi connectivity index (χ0v) is 22.1. The molecule has 2 aromatic heterocycles. The molecular formula is C25H21F3N4O5S2. The first-order valence-electron chi connectivity index (χ1n) is 11.3. The van der Waals surface area contributed by atoms with Crippen molar-refractivity contribution < 1.29 is 35.9 Å². The van der Waals surface area contributed by atoms with E-state index in [-0.39, 0.29) is 32.6 Å². The van der Waals surface area contributed by atoms with Crippen LogP contribution >= 0.6 is 11.3 Å². The van der Waals surface area contributed by atoms with Crippen LogP contribution in [0.1, 0.15) is 33.3 Å². The molecule has 9 nitrogen and oxygen atoms in total. The number of carbonyl (C=O) groups excluding carboxylic acids is 2. The van der Waals surface area contributed by atoms with Gasteiger partial charge in [-0.05, 0) is 67.6 Å². The minimum Gasteiger partial charge on any atom is -0.462 e.